The Morgan fingerprint density at radius 2 is 2.16 bits per heavy atom. The Morgan fingerprint density at radius 3 is 2.79 bits per heavy atom. The predicted octanol–water partition coefficient (Wildman–Crippen LogP) is 2.28. The van der Waals surface area contributed by atoms with E-state index in [4.69, 9.17) is 28.9 Å². The number of amidine groups is 1. The predicted molar refractivity (Wildman–Crippen MR) is 77.7 cm³/mol. The molecule has 0 aromatic heterocycles. The van der Waals surface area contributed by atoms with E-state index >= 15 is 0 Å². The molecule has 3 N–H and O–H groups in total. The van der Waals surface area contributed by atoms with Crippen molar-refractivity contribution in [1.82, 2.24) is 0 Å². The highest BCUT2D eigenvalue weighted by Crippen LogP contribution is 2.26. The number of carbonyl (C=O) groups is 2. The molecule has 0 aliphatic carbocycles. The third-order valence-electron chi connectivity index (χ3n) is 2.34. The van der Waals surface area contributed by atoms with Crippen LogP contribution in [0.1, 0.15) is 6.42 Å². The summed E-state index contributed by atoms with van der Waals surface area (Å²) >= 11 is 12.7. The zero-order valence-corrected chi connectivity index (χ0v) is 11.9. The summed E-state index contributed by atoms with van der Waals surface area (Å²) < 4.78 is 0. The highest BCUT2D eigenvalue weighted by Gasteiger charge is 2.28. The number of amides is 2. The van der Waals surface area contributed by atoms with Crippen LogP contribution in [0.4, 0.5) is 5.69 Å². The molecule has 0 saturated carbocycles. The number of rotatable bonds is 2. The molecule has 1 aliphatic rings. The first-order valence-electron chi connectivity index (χ1n) is 5.25. The summed E-state index contributed by atoms with van der Waals surface area (Å²) in [5, 5.41) is 2.92. The second kappa shape index (κ2) is 5.81. The second-order valence-electron chi connectivity index (χ2n) is 3.77. The van der Waals surface area contributed by atoms with E-state index in [1.54, 1.807) is 12.1 Å². The number of thioether (sulfide) groups is 1. The van der Waals surface area contributed by atoms with Crippen molar-refractivity contribution in [2.75, 3.05) is 5.32 Å². The molecule has 1 aromatic carbocycles. The fourth-order valence-electron chi connectivity index (χ4n) is 1.48. The van der Waals surface area contributed by atoms with Gasteiger partial charge in [-0.3, -0.25) is 9.59 Å². The molecule has 0 radical (unpaired) electrons. The molecule has 8 heteroatoms. The average Bonchev–Trinajstić information content (AvgIpc) is 2.32. The van der Waals surface area contributed by atoms with Gasteiger partial charge in [0.25, 0.3) is 0 Å². The molecule has 0 spiro atoms. The van der Waals surface area contributed by atoms with Crippen LogP contribution in [-0.4, -0.2) is 22.2 Å². The number of aliphatic imine (C=N–C) groups is 1. The summed E-state index contributed by atoms with van der Waals surface area (Å²) in [5.74, 6) is -0.722. The maximum absolute atomic E-state index is 12.0. The molecule has 19 heavy (non-hydrogen) atoms. The maximum atomic E-state index is 12.0. The van der Waals surface area contributed by atoms with Gasteiger partial charge in [0.05, 0.1) is 16.5 Å². The minimum atomic E-state index is -0.584. The lowest BCUT2D eigenvalue weighted by Crippen LogP contribution is -2.33. The topological polar surface area (TPSA) is 84.5 Å². The van der Waals surface area contributed by atoms with Crippen molar-refractivity contribution in [3.05, 3.63) is 28.2 Å². The van der Waals surface area contributed by atoms with E-state index in [9.17, 15) is 9.59 Å². The lowest BCUT2D eigenvalue weighted by Gasteiger charge is -2.17. The molecule has 1 atom stereocenters. The van der Waals surface area contributed by atoms with E-state index in [0.717, 1.165) is 11.8 Å². The number of halogens is 2. The highest BCUT2D eigenvalue weighted by molar-refractivity contribution is 8.15. The largest absolute Gasteiger partial charge is 0.378 e. The van der Waals surface area contributed by atoms with Gasteiger partial charge in [0, 0.05) is 5.69 Å². The van der Waals surface area contributed by atoms with Gasteiger partial charge in [-0.15, -0.1) is 0 Å². The maximum Gasteiger partial charge on any atom is 0.249 e. The van der Waals surface area contributed by atoms with Crippen molar-refractivity contribution in [3.63, 3.8) is 0 Å². The van der Waals surface area contributed by atoms with Crippen molar-refractivity contribution in [3.8, 4) is 0 Å². The van der Waals surface area contributed by atoms with Gasteiger partial charge in [-0.1, -0.05) is 35.0 Å². The van der Waals surface area contributed by atoms with Crippen molar-refractivity contribution < 1.29 is 9.59 Å². The van der Waals surface area contributed by atoms with Gasteiger partial charge in [-0.25, -0.2) is 0 Å². The van der Waals surface area contributed by atoms with Gasteiger partial charge < -0.3 is 11.1 Å². The van der Waals surface area contributed by atoms with E-state index in [2.05, 4.69) is 10.3 Å². The molecule has 1 aliphatic heterocycles. The van der Waals surface area contributed by atoms with Crippen LogP contribution in [0, 0.1) is 0 Å². The number of carbonyl (C=O) groups excluding carboxylic acids is 2. The number of hydrogen-bond donors (Lipinski definition) is 2. The number of nitrogens with one attached hydrogen (secondary N) is 1. The Kier molecular flexibility index (Phi) is 4.34. The van der Waals surface area contributed by atoms with Crippen LogP contribution in [0.5, 0.6) is 0 Å². The van der Waals surface area contributed by atoms with Crippen LogP contribution in [-0.2, 0) is 9.59 Å². The first-order valence-corrected chi connectivity index (χ1v) is 6.89. The Hall–Kier alpha value is -1.24. The molecule has 2 rings (SSSR count). The molecule has 0 saturated heterocycles. The van der Waals surface area contributed by atoms with E-state index in [-0.39, 0.29) is 17.5 Å². The molecule has 0 bridgehead atoms. The van der Waals surface area contributed by atoms with E-state index < -0.39 is 11.2 Å². The van der Waals surface area contributed by atoms with E-state index in [1.807, 2.05) is 0 Å². The monoisotopic (exact) mass is 317 g/mol. The fraction of sp³-hybridized carbons (Fsp3) is 0.182. The van der Waals surface area contributed by atoms with Gasteiger partial charge >= 0.3 is 0 Å². The number of anilines is 1. The van der Waals surface area contributed by atoms with E-state index in [0.29, 0.717) is 15.7 Å². The van der Waals surface area contributed by atoms with E-state index in [1.165, 1.54) is 6.07 Å². The summed E-state index contributed by atoms with van der Waals surface area (Å²) in [6.07, 6.45) is 0.0263. The fourth-order valence-corrected chi connectivity index (χ4v) is 2.62. The number of benzene rings is 1. The smallest absolute Gasteiger partial charge is 0.249 e. The number of nitrogens with zero attached hydrogens (tertiary/aromatic N) is 1. The molecule has 0 unspecified atom stereocenters. The SMILES string of the molecule is NC1=NC(=O)C[C@@H](C(=O)Nc2ccc(Cl)c(Cl)c2)S1. The van der Waals surface area contributed by atoms with Crippen LogP contribution in [0.3, 0.4) is 0 Å². The standard InChI is InChI=1S/C11H9Cl2N3O2S/c12-6-2-1-5(3-7(6)13)15-10(18)8-4-9(17)16-11(14)19-8/h1-3,8H,4H2,(H,15,18)(H2,14,16,17)/t8-/m0/s1. The number of hydrogen-bond acceptors (Lipinski definition) is 4. The van der Waals surface area contributed by atoms with Gasteiger partial charge in [0.1, 0.15) is 5.25 Å². The zero-order chi connectivity index (χ0) is 14.0. The second-order valence-corrected chi connectivity index (χ2v) is 5.81. The summed E-state index contributed by atoms with van der Waals surface area (Å²) in [6.45, 7) is 0. The van der Waals surface area contributed by atoms with Crippen molar-refractivity contribution in [2.45, 2.75) is 11.7 Å². The molecule has 0 fully saturated rings. The summed E-state index contributed by atoms with van der Waals surface area (Å²) in [4.78, 5) is 26.8. The molecule has 2 amide bonds. The minimum Gasteiger partial charge on any atom is -0.378 e. The van der Waals surface area contributed by atoms with Gasteiger partial charge in [-0.05, 0) is 18.2 Å². The Labute approximate surface area is 123 Å². The van der Waals surface area contributed by atoms with Crippen LogP contribution in [0.25, 0.3) is 0 Å². The number of nitrogens with two attached hydrogens (primary N) is 1. The van der Waals surface area contributed by atoms with Crippen LogP contribution in [0.2, 0.25) is 10.0 Å². The molecule has 1 heterocycles. The average molecular weight is 318 g/mol. The van der Waals surface area contributed by atoms with Gasteiger partial charge in [0.15, 0.2) is 5.17 Å². The molecule has 100 valence electrons. The third kappa shape index (κ3) is 3.62. The molecule has 5 nitrogen and oxygen atoms in total. The summed E-state index contributed by atoms with van der Waals surface area (Å²) in [7, 11) is 0. The van der Waals surface area contributed by atoms with Crippen LogP contribution >= 0.6 is 35.0 Å². The minimum absolute atomic E-state index is 0.0263. The molecule has 1 aromatic rings. The first-order chi connectivity index (χ1) is 8.95. The van der Waals surface area contributed by atoms with Gasteiger partial charge in [-0.2, -0.15) is 4.99 Å². The Bertz CT molecular complexity index is 577. The van der Waals surface area contributed by atoms with Crippen LogP contribution < -0.4 is 11.1 Å². The quantitative estimate of drug-likeness (QED) is 0.876. The third-order valence-corrected chi connectivity index (χ3v) is 4.07. The summed E-state index contributed by atoms with van der Waals surface area (Å²) in [5.41, 5.74) is 5.97. The van der Waals surface area contributed by atoms with Crippen molar-refractivity contribution in [2.24, 2.45) is 10.7 Å². The molecular weight excluding hydrogens is 309 g/mol. The van der Waals surface area contributed by atoms with Crippen molar-refractivity contribution in [1.29, 1.82) is 0 Å². The molecular formula is C11H9Cl2N3O2S. The first kappa shape index (κ1) is 14.2. The van der Waals surface area contributed by atoms with Crippen LogP contribution in [0.15, 0.2) is 23.2 Å². The lowest BCUT2D eigenvalue weighted by molar-refractivity contribution is -0.121. The lowest BCUT2D eigenvalue weighted by atomic mass is 10.2. The highest BCUT2D eigenvalue weighted by atomic mass is 35.5. The van der Waals surface area contributed by atoms with Gasteiger partial charge in [0.2, 0.25) is 11.8 Å². The zero-order valence-electron chi connectivity index (χ0n) is 9.52. The normalized spacial score (nSPS) is 18.9. The summed E-state index contributed by atoms with van der Waals surface area (Å²) in [6, 6.07) is 4.74. The van der Waals surface area contributed by atoms with Crippen molar-refractivity contribution >= 4 is 57.6 Å². The Balaban J connectivity index is 2.07. The Morgan fingerprint density at radius 1 is 1.42 bits per heavy atom.